The standard InChI is InChI=1S/C17H21NOS/c1-3-13-7-5-8-14(11-13)19-16-9-6-10-17(20-4-2)15(16)12-18/h5-11H,3-4,12,18H2,1-2H3. The van der Waals surface area contributed by atoms with Crippen molar-refractivity contribution in [2.75, 3.05) is 5.75 Å². The van der Waals surface area contributed by atoms with Gasteiger partial charge in [-0.15, -0.1) is 11.8 Å². The van der Waals surface area contributed by atoms with E-state index in [4.69, 9.17) is 10.5 Å². The fraction of sp³-hybridized carbons (Fsp3) is 0.294. The van der Waals surface area contributed by atoms with Crippen LogP contribution >= 0.6 is 11.8 Å². The molecule has 0 aliphatic carbocycles. The Kier molecular flexibility index (Phi) is 5.50. The predicted octanol–water partition coefficient (Wildman–Crippen LogP) is 4.61. The van der Waals surface area contributed by atoms with Crippen molar-refractivity contribution < 1.29 is 4.74 Å². The highest BCUT2D eigenvalue weighted by atomic mass is 32.2. The van der Waals surface area contributed by atoms with Gasteiger partial charge in [-0.2, -0.15) is 0 Å². The first-order valence-corrected chi connectivity index (χ1v) is 7.98. The number of benzene rings is 2. The third-order valence-corrected chi connectivity index (χ3v) is 4.11. The van der Waals surface area contributed by atoms with Crippen molar-refractivity contribution in [1.82, 2.24) is 0 Å². The normalized spacial score (nSPS) is 10.6. The van der Waals surface area contributed by atoms with Gasteiger partial charge in [0.2, 0.25) is 0 Å². The molecule has 2 aromatic carbocycles. The Bertz CT molecular complexity index is 569. The summed E-state index contributed by atoms with van der Waals surface area (Å²) in [6.45, 7) is 4.78. The van der Waals surface area contributed by atoms with E-state index in [1.54, 1.807) is 11.8 Å². The Hall–Kier alpha value is -1.45. The van der Waals surface area contributed by atoms with Crippen LogP contribution in [0.5, 0.6) is 11.5 Å². The van der Waals surface area contributed by atoms with Crippen LogP contribution < -0.4 is 10.5 Å². The molecule has 0 radical (unpaired) electrons. The van der Waals surface area contributed by atoms with Crippen LogP contribution in [0.1, 0.15) is 25.0 Å². The Balaban J connectivity index is 2.30. The first kappa shape index (κ1) is 14.9. The van der Waals surface area contributed by atoms with E-state index in [2.05, 4.69) is 32.0 Å². The topological polar surface area (TPSA) is 35.2 Å². The molecule has 0 unspecified atom stereocenters. The van der Waals surface area contributed by atoms with Gasteiger partial charge in [-0.05, 0) is 42.0 Å². The number of rotatable bonds is 6. The highest BCUT2D eigenvalue weighted by Crippen LogP contribution is 2.32. The SMILES string of the molecule is CCSc1cccc(Oc2cccc(CC)c2)c1CN. The highest BCUT2D eigenvalue weighted by Gasteiger charge is 2.09. The van der Waals surface area contributed by atoms with Crippen molar-refractivity contribution in [3.05, 3.63) is 53.6 Å². The summed E-state index contributed by atoms with van der Waals surface area (Å²) in [4.78, 5) is 1.21. The van der Waals surface area contributed by atoms with Crippen molar-refractivity contribution >= 4 is 11.8 Å². The van der Waals surface area contributed by atoms with Crippen LogP contribution in [0.4, 0.5) is 0 Å². The Morgan fingerprint density at radius 3 is 2.60 bits per heavy atom. The fourth-order valence-electron chi connectivity index (χ4n) is 2.09. The average Bonchev–Trinajstić information content (AvgIpc) is 2.48. The average molecular weight is 287 g/mol. The van der Waals surface area contributed by atoms with E-state index < -0.39 is 0 Å². The van der Waals surface area contributed by atoms with Gasteiger partial charge in [0.05, 0.1) is 0 Å². The lowest BCUT2D eigenvalue weighted by atomic mass is 10.1. The van der Waals surface area contributed by atoms with E-state index >= 15 is 0 Å². The van der Waals surface area contributed by atoms with E-state index in [0.717, 1.165) is 29.2 Å². The molecule has 0 aliphatic rings. The second kappa shape index (κ2) is 7.36. The minimum absolute atomic E-state index is 0.492. The molecule has 0 amide bonds. The first-order valence-electron chi connectivity index (χ1n) is 7.00. The zero-order valence-corrected chi connectivity index (χ0v) is 12.9. The molecule has 0 spiro atoms. The molecule has 0 heterocycles. The Labute approximate surface area is 125 Å². The molecule has 2 nitrogen and oxygen atoms in total. The van der Waals surface area contributed by atoms with E-state index in [-0.39, 0.29) is 0 Å². The first-order chi connectivity index (χ1) is 9.78. The molecular weight excluding hydrogens is 266 g/mol. The fourth-order valence-corrected chi connectivity index (χ4v) is 2.93. The third kappa shape index (κ3) is 3.56. The van der Waals surface area contributed by atoms with Gasteiger partial charge in [-0.1, -0.05) is 32.0 Å². The molecule has 0 bridgehead atoms. The van der Waals surface area contributed by atoms with Gasteiger partial charge in [-0.3, -0.25) is 0 Å². The van der Waals surface area contributed by atoms with Crippen LogP contribution in [0.3, 0.4) is 0 Å². The molecule has 0 saturated heterocycles. The minimum Gasteiger partial charge on any atom is -0.457 e. The van der Waals surface area contributed by atoms with Crippen LogP contribution in [0.15, 0.2) is 47.4 Å². The second-order valence-corrected chi connectivity index (χ2v) is 5.78. The molecule has 2 N–H and O–H groups in total. The van der Waals surface area contributed by atoms with Crippen LogP contribution in [0.25, 0.3) is 0 Å². The van der Waals surface area contributed by atoms with Crippen LogP contribution in [0.2, 0.25) is 0 Å². The van der Waals surface area contributed by atoms with Crippen molar-refractivity contribution in [2.45, 2.75) is 31.7 Å². The Morgan fingerprint density at radius 2 is 1.90 bits per heavy atom. The lowest BCUT2D eigenvalue weighted by Crippen LogP contribution is -2.01. The third-order valence-electron chi connectivity index (χ3n) is 3.13. The zero-order valence-electron chi connectivity index (χ0n) is 12.1. The number of hydrogen-bond donors (Lipinski definition) is 1. The summed E-state index contributed by atoms with van der Waals surface area (Å²) < 4.78 is 6.04. The highest BCUT2D eigenvalue weighted by molar-refractivity contribution is 7.99. The van der Waals surface area contributed by atoms with Gasteiger partial charge in [0.25, 0.3) is 0 Å². The molecule has 0 aliphatic heterocycles. The molecule has 2 rings (SSSR count). The van der Waals surface area contributed by atoms with E-state index in [1.807, 2.05) is 24.3 Å². The molecule has 0 saturated carbocycles. The van der Waals surface area contributed by atoms with Crippen molar-refractivity contribution in [2.24, 2.45) is 5.73 Å². The largest absolute Gasteiger partial charge is 0.457 e. The van der Waals surface area contributed by atoms with Gasteiger partial charge < -0.3 is 10.5 Å². The Morgan fingerprint density at radius 1 is 1.10 bits per heavy atom. The quantitative estimate of drug-likeness (QED) is 0.788. The van der Waals surface area contributed by atoms with Crippen molar-refractivity contribution in [3.63, 3.8) is 0 Å². The summed E-state index contributed by atoms with van der Waals surface area (Å²) in [5.74, 6) is 2.76. The van der Waals surface area contributed by atoms with Crippen LogP contribution in [0, 0.1) is 0 Å². The summed E-state index contributed by atoms with van der Waals surface area (Å²) in [6, 6.07) is 14.3. The van der Waals surface area contributed by atoms with Gasteiger partial charge in [-0.25, -0.2) is 0 Å². The number of hydrogen-bond acceptors (Lipinski definition) is 3. The van der Waals surface area contributed by atoms with Gasteiger partial charge in [0, 0.05) is 17.0 Å². The summed E-state index contributed by atoms with van der Waals surface area (Å²) >= 11 is 1.80. The maximum atomic E-state index is 6.04. The van der Waals surface area contributed by atoms with Gasteiger partial charge in [0.1, 0.15) is 11.5 Å². The smallest absolute Gasteiger partial charge is 0.133 e. The van der Waals surface area contributed by atoms with Crippen molar-refractivity contribution in [3.8, 4) is 11.5 Å². The number of nitrogens with two attached hydrogens (primary N) is 1. The van der Waals surface area contributed by atoms with E-state index in [9.17, 15) is 0 Å². The molecule has 106 valence electrons. The van der Waals surface area contributed by atoms with Gasteiger partial charge >= 0.3 is 0 Å². The molecular formula is C17H21NOS. The van der Waals surface area contributed by atoms with Crippen LogP contribution in [-0.2, 0) is 13.0 Å². The maximum absolute atomic E-state index is 6.04. The van der Waals surface area contributed by atoms with E-state index in [1.165, 1.54) is 10.5 Å². The van der Waals surface area contributed by atoms with E-state index in [0.29, 0.717) is 6.54 Å². The number of aryl methyl sites for hydroxylation is 1. The summed E-state index contributed by atoms with van der Waals surface area (Å²) in [5, 5.41) is 0. The zero-order chi connectivity index (χ0) is 14.4. The summed E-state index contributed by atoms with van der Waals surface area (Å²) in [6.07, 6.45) is 1.01. The molecule has 0 atom stereocenters. The summed E-state index contributed by atoms with van der Waals surface area (Å²) in [5.41, 5.74) is 8.26. The van der Waals surface area contributed by atoms with Crippen LogP contribution in [-0.4, -0.2) is 5.75 Å². The molecule has 2 aromatic rings. The lowest BCUT2D eigenvalue weighted by Gasteiger charge is -2.14. The summed E-state index contributed by atoms with van der Waals surface area (Å²) in [7, 11) is 0. The predicted molar refractivity (Wildman–Crippen MR) is 86.6 cm³/mol. The minimum atomic E-state index is 0.492. The molecule has 0 aromatic heterocycles. The monoisotopic (exact) mass is 287 g/mol. The lowest BCUT2D eigenvalue weighted by molar-refractivity contribution is 0.473. The van der Waals surface area contributed by atoms with Crippen molar-refractivity contribution in [1.29, 1.82) is 0 Å². The molecule has 3 heteroatoms. The number of ether oxygens (including phenoxy) is 1. The second-order valence-electron chi connectivity index (χ2n) is 4.47. The van der Waals surface area contributed by atoms with Gasteiger partial charge in [0.15, 0.2) is 0 Å². The number of thioether (sulfide) groups is 1. The molecule has 0 fully saturated rings. The maximum Gasteiger partial charge on any atom is 0.133 e. The molecule has 20 heavy (non-hydrogen) atoms.